The lowest BCUT2D eigenvalue weighted by molar-refractivity contribution is -0.137. The van der Waals surface area contributed by atoms with E-state index in [2.05, 4.69) is 30.6 Å². The predicted octanol–water partition coefficient (Wildman–Crippen LogP) is 3.23. The predicted molar refractivity (Wildman–Crippen MR) is 135 cm³/mol. The van der Waals surface area contributed by atoms with Gasteiger partial charge in [-0.2, -0.15) is 18.2 Å². The number of nitrogens with zero attached hydrogens (tertiary/aromatic N) is 2. The largest absolute Gasteiger partial charge is 0.495 e. The van der Waals surface area contributed by atoms with Crippen molar-refractivity contribution in [1.29, 1.82) is 0 Å². The van der Waals surface area contributed by atoms with Gasteiger partial charge >= 0.3 is 6.18 Å². The summed E-state index contributed by atoms with van der Waals surface area (Å²) in [5.74, 6) is -0.793. The van der Waals surface area contributed by atoms with Crippen molar-refractivity contribution in [2.75, 3.05) is 31.0 Å². The molecule has 0 fully saturated rings. The second-order valence-electron chi connectivity index (χ2n) is 8.59. The highest BCUT2D eigenvalue weighted by Crippen LogP contribution is 2.38. The van der Waals surface area contributed by atoms with Crippen molar-refractivity contribution in [1.82, 2.24) is 20.0 Å². The zero-order valence-electron chi connectivity index (χ0n) is 20.6. The molecule has 0 aliphatic heterocycles. The molecule has 1 aliphatic carbocycles. The molecule has 0 saturated heterocycles. The molecule has 0 unspecified atom stereocenters. The third-order valence-corrected chi connectivity index (χ3v) is 6.61. The molecule has 2 atom stereocenters. The number of hydrogen-bond acceptors (Lipinski definition) is 8. The normalized spacial score (nSPS) is 17.0. The number of halogens is 3. The lowest BCUT2D eigenvalue weighted by Crippen LogP contribution is -2.38. The van der Waals surface area contributed by atoms with Gasteiger partial charge in [0.05, 0.1) is 31.1 Å². The van der Waals surface area contributed by atoms with Gasteiger partial charge in [-0.3, -0.25) is 4.79 Å². The summed E-state index contributed by atoms with van der Waals surface area (Å²) in [6, 6.07) is 9.93. The molecule has 0 saturated carbocycles. The van der Waals surface area contributed by atoms with Crippen LogP contribution in [0.25, 0.3) is 0 Å². The van der Waals surface area contributed by atoms with Crippen LogP contribution in [-0.4, -0.2) is 50.7 Å². The van der Waals surface area contributed by atoms with Gasteiger partial charge in [0.1, 0.15) is 17.1 Å². The van der Waals surface area contributed by atoms with E-state index in [1.807, 2.05) is 0 Å². The monoisotopic (exact) mass is 550 g/mol. The van der Waals surface area contributed by atoms with Gasteiger partial charge in [0.25, 0.3) is 5.91 Å². The Morgan fingerprint density at radius 1 is 1.16 bits per heavy atom. The zero-order valence-corrected chi connectivity index (χ0v) is 21.4. The third-order valence-electron chi connectivity index (χ3n) is 5.93. The van der Waals surface area contributed by atoms with Gasteiger partial charge in [-0.1, -0.05) is 24.3 Å². The van der Waals surface area contributed by atoms with Crippen LogP contribution in [0.3, 0.4) is 0 Å². The lowest BCUT2D eigenvalue weighted by Gasteiger charge is -2.24. The number of nitrogens with one attached hydrogen (secondary N) is 4. The summed E-state index contributed by atoms with van der Waals surface area (Å²) in [7, 11) is -0.829. The number of hydrogen-bond donors (Lipinski definition) is 4. The molecule has 4 N–H and O–H groups in total. The van der Waals surface area contributed by atoms with Crippen LogP contribution in [0.1, 0.15) is 33.1 Å². The molecule has 2 aromatic carbocycles. The number of aromatic nitrogens is 2. The summed E-state index contributed by atoms with van der Waals surface area (Å²) >= 11 is 0. The minimum absolute atomic E-state index is 0.172. The smallest absolute Gasteiger partial charge is 0.421 e. The number of alkyl halides is 3. The standard InChI is InChI=1S/C24H25F3N6O4S/c1-28-22(34)14-8-9-17(19(11-14)37-2)31-23-29-12-16(24(25,26)27)21(32-23)30-18-10-13-6-4-5-7-15(13)20(18)33-38(3,35)36/h4-9,11-12,18,20,33H,10H2,1-3H3,(H,28,34)(H2,29,30,31,32)/t18-,20-/m1/s1. The fourth-order valence-electron chi connectivity index (χ4n) is 4.24. The number of methoxy groups -OCH3 is 1. The molecule has 14 heteroatoms. The van der Waals surface area contributed by atoms with Crippen molar-refractivity contribution >= 4 is 33.4 Å². The molecule has 0 spiro atoms. The zero-order chi connectivity index (χ0) is 27.7. The minimum Gasteiger partial charge on any atom is -0.495 e. The molecule has 0 radical (unpaired) electrons. The van der Waals surface area contributed by atoms with Crippen LogP contribution in [0.4, 0.5) is 30.6 Å². The molecule has 1 amide bonds. The Balaban J connectivity index is 1.69. The molecule has 202 valence electrons. The maximum Gasteiger partial charge on any atom is 0.421 e. The van der Waals surface area contributed by atoms with E-state index in [0.29, 0.717) is 23.0 Å². The Morgan fingerprint density at radius 2 is 1.89 bits per heavy atom. The summed E-state index contributed by atoms with van der Waals surface area (Å²) in [4.78, 5) is 19.8. The molecular formula is C24H25F3N6O4S. The number of amides is 1. The maximum atomic E-state index is 13.9. The molecule has 1 aliphatic rings. The fraction of sp³-hybridized carbons (Fsp3) is 0.292. The van der Waals surface area contributed by atoms with Gasteiger partial charge in [-0.25, -0.2) is 18.1 Å². The second-order valence-corrected chi connectivity index (χ2v) is 10.4. The van der Waals surface area contributed by atoms with E-state index in [1.165, 1.54) is 32.4 Å². The first-order valence-electron chi connectivity index (χ1n) is 11.3. The van der Waals surface area contributed by atoms with Crippen LogP contribution in [0.2, 0.25) is 0 Å². The highest BCUT2D eigenvalue weighted by atomic mass is 32.2. The summed E-state index contributed by atoms with van der Waals surface area (Å²) in [6.45, 7) is 0. The van der Waals surface area contributed by atoms with Gasteiger partial charge in [0.15, 0.2) is 0 Å². The third kappa shape index (κ3) is 5.97. The summed E-state index contributed by atoms with van der Waals surface area (Å²) in [5, 5.41) is 8.11. The van der Waals surface area contributed by atoms with Gasteiger partial charge < -0.3 is 20.7 Å². The molecule has 1 aromatic heterocycles. The van der Waals surface area contributed by atoms with Crippen molar-refractivity contribution < 1.29 is 31.1 Å². The van der Waals surface area contributed by atoms with E-state index >= 15 is 0 Å². The van der Waals surface area contributed by atoms with Gasteiger partial charge in [0.2, 0.25) is 16.0 Å². The van der Waals surface area contributed by atoms with E-state index in [-0.39, 0.29) is 24.0 Å². The first-order chi connectivity index (χ1) is 17.9. The Morgan fingerprint density at radius 3 is 2.55 bits per heavy atom. The van der Waals surface area contributed by atoms with Crippen LogP contribution in [0, 0.1) is 0 Å². The van der Waals surface area contributed by atoms with Crippen LogP contribution < -0.4 is 25.4 Å². The molecule has 4 rings (SSSR count). The Labute approximate surface area is 217 Å². The average molecular weight is 551 g/mol. The lowest BCUT2D eigenvalue weighted by atomic mass is 10.1. The van der Waals surface area contributed by atoms with Crippen LogP contribution in [-0.2, 0) is 22.6 Å². The number of carbonyl (C=O) groups excluding carboxylic acids is 1. The Bertz CT molecular complexity index is 1470. The Hall–Kier alpha value is -3.91. The highest BCUT2D eigenvalue weighted by molar-refractivity contribution is 7.88. The highest BCUT2D eigenvalue weighted by Gasteiger charge is 2.39. The number of anilines is 3. The van der Waals surface area contributed by atoms with Crippen molar-refractivity contribution in [3.8, 4) is 5.75 Å². The van der Waals surface area contributed by atoms with Gasteiger partial charge in [-0.05, 0) is 35.7 Å². The van der Waals surface area contributed by atoms with Crippen LogP contribution in [0.15, 0.2) is 48.7 Å². The number of benzene rings is 2. The fourth-order valence-corrected chi connectivity index (χ4v) is 4.99. The summed E-state index contributed by atoms with van der Waals surface area (Å²) in [6.07, 6.45) is -2.88. The number of fused-ring (bicyclic) bond motifs is 1. The van der Waals surface area contributed by atoms with Crippen molar-refractivity contribution in [2.45, 2.75) is 24.7 Å². The molecular weight excluding hydrogens is 525 g/mol. The van der Waals surface area contributed by atoms with Crippen molar-refractivity contribution in [3.63, 3.8) is 0 Å². The summed E-state index contributed by atoms with van der Waals surface area (Å²) < 4.78 is 73.5. The Kier molecular flexibility index (Phi) is 7.47. The molecule has 1 heterocycles. The first-order valence-corrected chi connectivity index (χ1v) is 13.2. The quantitative estimate of drug-likeness (QED) is 0.336. The van der Waals surface area contributed by atoms with E-state index in [1.54, 1.807) is 24.3 Å². The average Bonchev–Trinajstić information content (AvgIpc) is 3.18. The number of sulfonamides is 1. The number of ether oxygens (including phenoxy) is 1. The van der Waals surface area contributed by atoms with E-state index < -0.39 is 39.7 Å². The molecule has 38 heavy (non-hydrogen) atoms. The summed E-state index contributed by atoms with van der Waals surface area (Å²) in [5.41, 5.74) is 0.982. The molecule has 10 nitrogen and oxygen atoms in total. The number of rotatable bonds is 8. The minimum atomic E-state index is -4.78. The van der Waals surface area contributed by atoms with E-state index in [9.17, 15) is 26.4 Å². The van der Waals surface area contributed by atoms with Crippen molar-refractivity contribution in [3.05, 3.63) is 70.9 Å². The first kappa shape index (κ1) is 27.1. The topological polar surface area (TPSA) is 134 Å². The number of carbonyl (C=O) groups is 1. The SMILES string of the molecule is CNC(=O)c1ccc(Nc2ncc(C(F)(F)F)c(N[C@@H]3Cc4ccccc4[C@H]3NS(C)(=O)=O)n2)c(OC)c1. The van der Waals surface area contributed by atoms with Gasteiger partial charge in [-0.15, -0.1) is 0 Å². The molecule has 0 bridgehead atoms. The van der Waals surface area contributed by atoms with E-state index in [4.69, 9.17) is 4.74 Å². The molecule has 3 aromatic rings. The van der Waals surface area contributed by atoms with Crippen LogP contribution in [0.5, 0.6) is 5.75 Å². The second kappa shape index (κ2) is 10.5. The van der Waals surface area contributed by atoms with Gasteiger partial charge in [0, 0.05) is 18.8 Å². The van der Waals surface area contributed by atoms with Crippen molar-refractivity contribution in [2.24, 2.45) is 0 Å². The van der Waals surface area contributed by atoms with Crippen LogP contribution >= 0.6 is 0 Å². The maximum absolute atomic E-state index is 13.9. The van der Waals surface area contributed by atoms with E-state index in [0.717, 1.165) is 11.8 Å².